The van der Waals surface area contributed by atoms with Crippen LogP contribution in [0, 0.1) is 0 Å². The number of likely N-dealkylation sites (N-methyl/N-ethyl adjacent to an activating group) is 2. The van der Waals surface area contributed by atoms with Gasteiger partial charge in [0.25, 0.3) is 0 Å². The highest BCUT2D eigenvalue weighted by molar-refractivity contribution is 14.0. The van der Waals surface area contributed by atoms with Gasteiger partial charge in [0.1, 0.15) is 0 Å². The Kier molecular flexibility index (Phi) is 10.3. The molecule has 0 spiro atoms. The second-order valence-corrected chi connectivity index (χ2v) is 7.36. The van der Waals surface area contributed by atoms with Crippen LogP contribution in [0.3, 0.4) is 0 Å². The molecule has 5 nitrogen and oxygen atoms in total. The topological polar surface area (TPSA) is 42.9 Å². The van der Waals surface area contributed by atoms with Crippen molar-refractivity contribution in [1.29, 1.82) is 0 Å². The molecule has 1 aromatic carbocycles. The zero-order valence-electron chi connectivity index (χ0n) is 15.6. The third kappa shape index (κ3) is 7.03. The number of nitrogens with zero attached hydrogens (tertiary/aromatic N) is 3. The molecule has 0 radical (unpaired) electrons. The zero-order valence-corrected chi connectivity index (χ0v) is 19.5. The van der Waals surface area contributed by atoms with Gasteiger partial charge in [-0.05, 0) is 39.6 Å². The summed E-state index contributed by atoms with van der Waals surface area (Å²) in [6, 6.07) is 8.96. The fourth-order valence-corrected chi connectivity index (χ4v) is 3.55. The Morgan fingerprint density at radius 2 is 2.04 bits per heavy atom. The third-order valence-corrected chi connectivity index (χ3v) is 5.23. The first-order valence-corrected chi connectivity index (χ1v) is 9.48. The van der Waals surface area contributed by atoms with Gasteiger partial charge in [0.15, 0.2) is 5.96 Å². The van der Waals surface area contributed by atoms with Gasteiger partial charge in [-0.2, -0.15) is 0 Å². The van der Waals surface area contributed by atoms with E-state index >= 15 is 0 Å². The number of aliphatic imine (C=N–C) groups is 1. The molecule has 1 aromatic rings. The summed E-state index contributed by atoms with van der Waals surface area (Å²) < 4.78 is 1.12. The molecule has 2 N–H and O–H groups in total. The van der Waals surface area contributed by atoms with E-state index in [0.29, 0.717) is 6.04 Å². The summed E-state index contributed by atoms with van der Waals surface area (Å²) in [5, 5.41) is 6.88. The summed E-state index contributed by atoms with van der Waals surface area (Å²) in [6.07, 6.45) is 0. The van der Waals surface area contributed by atoms with Crippen molar-refractivity contribution in [3.63, 3.8) is 0 Å². The van der Waals surface area contributed by atoms with Gasteiger partial charge < -0.3 is 15.5 Å². The van der Waals surface area contributed by atoms with Gasteiger partial charge in [-0.15, -0.1) is 24.0 Å². The molecule has 0 amide bonds. The van der Waals surface area contributed by atoms with Gasteiger partial charge in [-0.1, -0.05) is 34.1 Å². The van der Waals surface area contributed by atoms with Gasteiger partial charge in [0.05, 0.1) is 12.6 Å². The molecule has 1 aliphatic heterocycles. The highest BCUT2D eigenvalue weighted by Crippen LogP contribution is 2.22. The van der Waals surface area contributed by atoms with Crippen LogP contribution in [0.2, 0.25) is 0 Å². The smallest absolute Gasteiger partial charge is 0.191 e. The lowest BCUT2D eigenvalue weighted by atomic mass is 10.1. The van der Waals surface area contributed by atoms with Crippen molar-refractivity contribution in [2.24, 2.45) is 4.99 Å². The van der Waals surface area contributed by atoms with Crippen LogP contribution in [0.25, 0.3) is 0 Å². The van der Waals surface area contributed by atoms with Gasteiger partial charge in [0.2, 0.25) is 0 Å². The molecule has 0 saturated carbocycles. The molecule has 1 heterocycles. The van der Waals surface area contributed by atoms with Crippen LogP contribution in [0.4, 0.5) is 0 Å². The Balaban J connectivity index is 0.00000312. The molecule has 2 rings (SSSR count). The van der Waals surface area contributed by atoms with Crippen molar-refractivity contribution in [3.8, 4) is 0 Å². The number of hydrogen-bond acceptors (Lipinski definition) is 3. The van der Waals surface area contributed by atoms with Crippen LogP contribution in [0.5, 0.6) is 0 Å². The quantitative estimate of drug-likeness (QED) is 0.354. The van der Waals surface area contributed by atoms with E-state index in [4.69, 9.17) is 4.99 Å². The molecule has 0 bridgehead atoms. The van der Waals surface area contributed by atoms with E-state index in [1.165, 1.54) is 5.56 Å². The molecule has 2 atom stereocenters. The number of benzene rings is 1. The van der Waals surface area contributed by atoms with E-state index in [1.54, 1.807) is 0 Å². The second kappa shape index (κ2) is 11.4. The molecule has 1 saturated heterocycles. The predicted octanol–water partition coefficient (Wildman–Crippen LogP) is 2.93. The fraction of sp³-hybridized carbons (Fsp3) is 0.611. The molecular formula is C18H31BrIN5. The molecule has 0 aliphatic carbocycles. The first-order chi connectivity index (χ1) is 11.5. The maximum Gasteiger partial charge on any atom is 0.191 e. The van der Waals surface area contributed by atoms with Gasteiger partial charge >= 0.3 is 0 Å². The first-order valence-electron chi connectivity index (χ1n) is 8.69. The minimum absolute atomic E-state index is 0. The standard InChI is InChI=1S/C18H30BrN5.HI/c1-5-20-18(21-12-15-13-23(3)10-11-24(15)4)22-14(2)16-8-6-7-9-17(16)19;/h6-9,14-15H,5,10-13H2,1-4H3,(H2,20,21,22);1H. The van der Waals surface area contributed by atoms with Crippen molar-refractivity contribution < 1.29 is 0 Å². The average molecular weight is 524 g/mol. The van der Waals surface area contributed by atoms with Crippen molar-refractivity contribution in [2.45, 2.75) is 25.9 Å². The molecule has 1 fully saturated rings. The van der Waals surface area contributed by atoms with Crippen molar-refractivity contribution in [3.05, 3.63) is 34.3 Å². The Labute approximate surface area is 177 Å². The summed E-state index contributed by atoms with van der Waals surface area (Å²) in [4.78, 5) is 9.61. The molecule has 25 heavy (non-hydrogen) atoms. The maximum absolute atomic E-state index is 4.83. The molecule has 7 heteroatoms. The molecule has 2 unspecified atom stereocenters. The number of piperazine rings is 1. The summed E-state index contributed by atoms with van der Waals surface area (Å²) in [6.45, 7) is 9.23. The Morgan fingerprint density at radius 1 is 1.32 bits per heavy atom. The van der Waals surface area contributed by atoms with Crippen LogP contribution in [0.15, 0.2) is 33.7 Å². The minimum atomic E-state index is 0. The normalized spacial score (nSPS) is 20.7. The Bertz CT molecular complexity index is 554. The van der Waals surface area contributed by atoms with Crippen molar-refractivity contribution in [2.75, 3.05) is 46.8 Å². The van der Waals surface area contributed by atoms with E-state index in [0.717, 1.165) is 43.2 Å². The maximum atomic E-state index is 4.83. The SMILES string of the molecule is CCNC(=NCC1CN(C)CCN1C)NC(C)c1ccccc1Br.I. The lowest BCUT2D eigenvalue weighted by Crippen LogP contribution is -2.51. The number of nitrogens with one attached hydrogen (secondary N) is 2. The van der Waals surface area contributed by atoms with E-state index < -0.39 is 0 Å². The largest absolute Gasteiger partial charge is 0.357 e. The first kappa shape index (κ1) is 22.7. The second-order valence-electron chi connectivity index (χ2n) is 6.50. The lowest BCUT2D eigenvalue weighted by molar-refractivity contribution is 0.119. The zero-order chi connectivity index (χ0) is 17.5. The number of halogens is 2. The van der Waals surface area contributed by atoms with Crippen molar-refractivity contribution >= 4 is 45.9 Å². The third-order valence-electron chi connectivity index (χ3n) is 4.51. The highest BCUT2D eigenvalue weighted by Gasteiger charge is 2.22. The van der Waals surface area contributed by atoms with Gasteiger partial charge in [-0.3, -0.25) is 9.89 Å². The highest BCUT2D eigenvalue weighted by atomic mass is 127. The lowest BCUT2D eigenvalue weighted by Gasteiger charge is -2.37. The summed E-state index contributed by atoms with van der Waals surface area (Å²) in [5.41, 5.74) is 1.23. The Hall–Kier alpha value is -0.380. The number of hydrogen-bond donors (Lipinski definition) is 2. The fourth-order valence-electron chi connectivity index (χ4n) is 2.92. The van der Waals surface area contributed by atoms with Crippen LogP contribution < -0.4 is 10.6 Å². The monoisotopic (exact) mass is 523 g/mol. The van der Waals surface area contributed by atoms with Crippen LogP contribution in [-0.2, 0) is 0 Å². The Morgan fingerprint density at radius 3 is 2.72 bits per heavy atom. The predicted molar refractivity (Wildman–Crippen MR) is 121 cm³/mol. The van der Waals surface area contributed by atoms with Gasteiger partial charge in [0, 0.05) is 36.7 Å². The van der Waals surface area contributed by atoms with E-state index in [2.05, 4.69) is 82.5 Å². The van der Waals surface area contributed by atoms with E-state index in [9.17, 15) is 0 Å². The van der Waals surface area contributed by atoms with Crippen LogP contribution in [-0.4, -0.2) is 68.6 Å². The van der Waals surface area contributed by atoms with E-state index in [1.807, 2.05) is 6.07 Å². The molecule has 142 valence electrons. The average Bonchev–Trinajstić information content (AvgIpc) is 2.56. The van der Waals surface area contributed by atoms with Crippen LogP contribution >= 0.6 is 39.9 Å². The summed E-state index contributed by atoms with van der Waals surface area (Å²) in [7, 11) is 4.37. The van der Waals surface area contributed by atoms with Gasteiger partial charge in [-0.25, -0.2) is 0 Å². The molecule has 0 aromatic heterocycles. The molecule has 1 aliphatic rings. The van der Waals surface area contributed by atoms with Crippen LogP contribution in [0.1, 0.15) is 25.5 Å². The van der Waals surface area contributed by atoms with E-state index in [-0.39, 0.29) is 30.0 Å². The van der Waals surface area contributed by atoms with Crippen molar-refractivity contribution in [1.82, 2.24) is 20.4 Å². The summed E-state index contributed by atoms with van der Waals surface area (Å²) in [5.74, 6) is 0.877. The minimum Gasteiger partial charge on any atom is -0.357 e. The molecular weight excluding hydrogens is 493 g/mol. The number of rotatable bonds is 5. The number of guanidine groups is 1. The summed E-state index contributed by atoms with van der Waals surface area (Å²) >= 11 is 3.63.